The van der Waals surface area contributed by atoms with Gasteiger partial charge in [0.05, 0.1) is 16.5 Å². The summed E-state index contributed by atoms with van der Waals surface area (Å²) in [5.41, 5.74) is 1.42. The van der Waals surface area contributed by atoms with Crippen molar-refractivity contribution in [1.82, 2.24) is 4.90 Å². The van der Waals surface area contributed by atoms with Crippen LogP contribution in [0.4, 0.5) is 10.5 Å². The van der Waals surface area contributed by atoms with Gasteiger partial charge in [0.25, 0.3) is 0 Å². The van der Waals surface area contributed by atoms with E-state index in [-0.39, 0.29) is 23.9 Å². The molecule has 1 aromatic carbocycles. The van der Waals surface area contributed by atoms with Crippen molar-refractivity contribution >= 4 is 33.2 Å². The van der Waals surface area contributed by atoms with E-state index in [4.69, 9.17) is 11.6 Å². The molecule has 0 radical (unpaired) electrons. The molecular weight excluding hydrogens is 324 g/mol. The minimum Gasteiger partial charge on any atom is -0.318 e. The van der Waals surface area contributed by atoms with Gasteiger partial charge in [-0.25, -0.2) is 13.2 Å². The Balaban J connectivity index is 2.15. The molecular formula is C15H21ClN2O3S. The smallest absolute Gasteiger partial charge is 0.318 e. The fraction of sp³-hybridized carbons (Fsp3) is 0.533. The number of carbonyl (C=O) groups is 1. The highest BCUT2D eigenvalue weighted by Gasteiger charge is 2.37. The summed E-state index contributed by atoms with van der Waals surface area (Å²) < 4.78 is 23.0. The summed E-state index contributed by atoms with van der Waals surface area (Å²) in [6.45, 7) is 3.62. The van der Waals surface area contributed by atoms with Crippen LogP contribution in [0.2, 0.25) is 5.02 Å². The van der Waals surface area contributed by atoms with E-state index in [2.05, 4.69) is 5.32 Å². The number of hydrogen-bond acceptors (Lipinski definition) is 3. The molecule has 7 heteroatoms. The minimum atomic E-state index is -3.14. The third-order valence-electron chi connectivity index (χ3n) is 3.63. The highest BCUT2D eigenvalue weighted by atomic mass is 35.5. The van der Waals surface area contributed by atoms with E-state index in [1.807, 2.05) is 19.1 Å². The number of sulfone groups is 1. The summed E-state index contributed by atoms with van der Waals surface area (Å²) in [5.74, 6) is -0.0432. The van der Waals surface area contributed by atoms with Crippen LogP contribution in [0.5, 0.6) is 0 Å². The van der Waals surface area contributed by atoms with Gasteiger partial charge in [0.1, 0.15) is 9.84 Å². The van der Waals surface area contributed by atoms with Gasteiger partial charge in [-0.1, -0.05) is 23.7 Å². The zero-order valence-corrected chi connectivity index (χ0v) is 14.5. The number of nitrogens with zero attached hydrogens (tertiary/aromatic N) is 1. The number of carbonyl (C=O) groups excluding carboxylic acids is 1. The number of anilines is 1. The lowest BCUT2D eigenvalue weighted by Gasteiger charge is -2.29. The Morgan fingerprint density at radius 3 is 2.64 bits per heavy atom. The van der Waals surface area contributed by atoms with E-state index in [1.165, 1.54) is 6.26 Å². The zero-order valence-electron chi connectivity index (χ0n) is 13.0. The molecule has 1 aromatic rings. The second kappa shape index (κ2) is 6.46. The van der Waals surface area contributed by atoms with Crippen LogP contribution in [0.25, 0.3) is 0 Å². The van der Waals surface area contributed by atoms with Gasteiger partial charge in [-0.15, -0.1) is 0 Å². The third kappa shape index (κ3) is 4.36. The molecule has 1 saturated carbocycles. The Bertz CT molecular complexity index is 671. The van der Waals surface area contributed by atoms with Gasteiger partial charge in [0.15, 0.2) is 0 Å². The predicted molar refractivity (Wildman–Crippen MR) is 89.2 cm³/mol. The lowest BCUT2D eigenvalue weighted by molar-refractivity contribution is 0.194. The van der Waals surface area contributed by atoms with Gasteiger partial charge in [0.2, 0.25) is 0 Å². The number of nitrogens with one attached hydrogen (secondary N) is 1. The second-order valence-corrected chi connectivity index (χ2v) is 8.51. The second-order valence-electron chi connectivity index (χ2n) is 5.95. The molecule has 5 nitrogen and oxygen atoms in total. The molecule has 0 heterocycles. The number of hydrogen-bond donors (Lipinski definition) is 1. The van der Waals surface area contributed by atoms with Crippen LogP contribution in [0.15, 0.2) is 18.2 Å². The standard InChI is InChI=1S/C15H21ClN2O3S/c1-10-5-4-6-13(14(10)16)17-15(19)18(12-7-8-12)11(2)9-22(3,20)21/h4-6,11-12H,7-9H2,1-3H3,(H,17,19)/t11-/m0/s1. The highest BCUT2D eigenvalue weighted by molar-refractivity contribution is 7.90. The molecule has 1 fully saturated rings. The van der Waals surface area contributed by atoms with E-state index in [9.17, 15) is 13.2 Å². The summed E-state index contributed by atoms with van der Waals surface area (Å²) in [4.78, 5) is 14.2. The number of urea groups is 1. The van der Waals surface area contributed by atoms with E-state index in [1.54, 1.807) is 17.9 Å². The molecule has 1 N–H and O–H groups in total. The van der Waals surface area contributed by atoms with Gasteiger partial charge in [-0.3, -0.25) is 0 Å². The van der Waals surface area contributed by atoms with E-state index < -0.39 is 9.84 Å². The third-order valence-corrected chi connectivity index (χ3v) is 5.22. The van der Waals surface area contributed by atoms with Crippen molar-refractivity contribution in [3.8, 4) is 0 Å². The highest BCUT2D eigenvalue weighted by Crippen LogP contribution is 2.31. The number of rotatable bonds is 5. The van der Waals surface area contributed by atoms with Crippen molar-refractivity contribution in [2.75, 3.05) is 17.3 Å². The average Bonchev–Trinajstić information content (AvgIpc) is 3.17. The molecule has 2 rings (SSSR count). The first-order valence-corrected chi connectivity index (χ1v) is 9.65. The summed E-state index contributed by atoms with van der Waals surface area (Å²) in [6.07, 6.45) is 3.00. The molecule has 22 heavy (non-hydrogen) atoms. The summed E-state index contributed by atoms with van der Waals surface area (Å²) in [6, 6.07) is 4.86. The number of benzene rings is 1. The quantitative estimate of drug-likeness (QED) is 0.892. The van der Waals surface area contributed by atoms with E-state index in [0.717, 1.165) is 18.4 Å². The first-order chi connectivity index (χ1) is 10.2. The number of amides is 2. The molecule has 0 bridgehead atoms. The van der Waals surface area contributed by atoms with Gasteiger partial charge in [-0.05, 0) is 38.3 Å². The van der Waals surface area contributed by atoms with Crippen molar-refractivity contribution in [1.29, 1.82) is 0 Å². The van der Waals surface area contributed by atoms with E-state index in [0.29, 0.717) is 10.7 Å². The fourth-order valence-electron chi connectivity index (χ4n) is 2.52. The van der Waals surface area contributed by atoms with Crippen LogP contribution in [0.1, 0.15) is 25.3 Å². The Kier molecular flexibility index (Phi) is 5.02. The summed E-state index contributed by atoms with van der Waals surface area (Å²) in [7, 11) is -3.14. The van der Waals surface area contributed by atoms with Crippen LogP contribution < -0.4 is 5.32 Å². The van der Waals surface area contributed by atoms with Gasteiger partial charge in [-0.2, -0.15) is 0 Å². The molecule has 0 aliphatic heterocycles. The molecule has 0 unspecified atom stereocenters. The maximum absolute atomic E-state index is 12.5. The van der Waals surface area contributed by atoms with Crippen LogP contribution in [0.3, 0.4) is 0 Å². The Hall–Kier alpha value is -1.27. The van der Waals surface area contributed by atoms with Gasteiger partial charge in [0, 0.05) is 18.3 Å². The van der Waals surface area contributed by atoms with Crippen molar-refractivity contribution < 1.29 is 13.2 Å². The predicted octanol–water partition coefficient (Wildman–Crippen LogP) is 3.08. The summed E-state index contributed by atoms with van der Waals surface area (Å²) in [5, 5.41) is 3.30. The largest absolute Gasteiger partial charge is 0.322 e. The molecule has 0 saturated heterocycles. The normalized spacial score (nSPS) is 16.2. The molecule has 0 aromatic heterocycles. The first kappa shape index (κ1) is 17.1. The average molecular weight is 345 g/mol. The lowest BCUT2D eigenvalue weighted by Crippen LogP contribution is -2.46. The topological polar surface area (TPSA) is 66.5 Å². The van der Waals surface area contributed by atoms with Crippen LogP contribution >= 0.6 is 11.6 Å². The molecule has 0 spiro atoms. The first-order valence-electron chi connectivity index (χ1n) is 7.21. The van der Waals surface area contributed by atoms with Crippen molar-refractivity contribution in [2.24, 2.45) is 0 Å². The van der Waals surface area contributed by atoms with Crippen molar-refractivity contribution in [2.45, 2.75) is 38.8 Å². The van der Waals surface area contributed by atoms with Crippen LogP contribution in [-0.2, 0) is 9.84 Å². The fourth-order valence-corrected chi connectivity index (χ4v) is 3.73. The van der Waals surface area contributed by atoms with E-state index >= 15 is 0 Å². The molecule has 1 aliphatic rings. The van der Waals surface area contributed by atoms with Crippen molar-refractivity contribution in [3.05, 3.63) is 28.8 Å². The maximum atomic E-state index is 12.5. The van der Waals surface area contributed by atoms with Crippen LogP contribution in [0, 0.1) is 6.92 Å². The molecule has 2 amide bonds. The Morgan fingerprint density at radius 1 is 1.45 bits per heavy atom. The van der Waals surface area contributed by atoms with Gasteiger partial charge < -0.3 is 10.2 Å². The minimum absolute atomic E-state index is 0.0432. The number of aryl methyl sites for hydroxylation is 1. The molecule has 122 valence electrons. The SMILES string of the molecule is Cc1cccc(NC(=O)N(C2CC2)[C@@H](C)CS(C)(=O)=O)c1Cl. The lowest BCUT2D eigenvalue weighted by atomic mass is 10.2. The van der Waals surface area contributed by atoms with Crippen molar-refractivity contribution in [3.63, 3.8) is 0 Å². The number of halogens is 1. The summed E-state index contributed by atoms with van der Waals surface area (Å²) >= 11 is 6.19. The molecule has 1 atom stereocenters. The molecule has 1 aliphatic carbocycles. The Morgan fingerprint density at radius 2 is 2.09 bits per heavy atom. The maximum Gasteiger partial charge on any atom is 0.322 e. The monoisotopic (exact) mass is 344 g/mol. The van der Waals surface area contributed by atoms with Gasteiger partial charge >= 0.3 is 6.03 Å². The Labute approximate surface area is 136 Å². The zero-order chi connectivity index (χ0) is 16.5. The van der Waals surface area contributed by atoms with Crippen LogP contribution in [-0.4, -0.2) is 43.4 Å².